The van der Waals surface area contributed by atoms with Crippen molar-refractivity contribution in [1.29, 1.82) is 0 Å². The largest absolute Gasteiger partial charge is 0.324 e. The molecule has 0 bridgehead atoms. The lowest BCUT2D eigenvalue weighted by Crippen LogP contribution is -2.14. The van der Waals surface area contributed by atoms with Crippen LogP contribution in [0.25, 0.3) is 0 Å². The highest BCUT2D eigenvalue weighted by Gasteiger charge is 2.12. The van der Waals surface area contributed by atoms with Crippen LogP contribution in [0.2, 0.25) is 0 Å². The summed E-state index contributed by atoms with van der Waals surface area (Å²) in [4.78, 5) is 11.9. The van der Waals surface area contributed by atoms with Crippen LogP contribution in [0.3, 0.4) is 0 Å². The normalized spacial score (nSPS) is 12.0. The van der Waals surface area contributed by atoms with Crippen LogP contribution in [0.15, 0.2) is 42.5 Å². The Morgan fingerprint density at radius 2 is 1.80 bits per heavy atom. The molecule has 1 atom stereocenters. The molecule has 0 aliphatic heterocycles. The fourth-order valence-corrected chi connectivity index (χ4v) is 1.74. The van der Waals surface area contributed by atoms with E-state index in [0.29, 0.717) is 11.8 Å². The Morgan fingerprint density at radius 1 is 1.15 bits per heavy atom. The van der Waals surface area contributed by atoms with Gasteiger partial charge in [-0.1, -0.05) is 12.1 Å². The van der Waals surface area contributed by atoms with Crippen molar-refractivity contribution in [1.82, 2.24) is 0 Å². The molecule has 3 N–H and O–H groups in total. The van der Waals surface area contributed by atoms with Crippen LogP contribution < -0.4 is 11.1 Å². The van der Waals surface area contributed by atoms with Gasteiger partial charge in [-0.2, -0.15) is 0 Å². The summed E-state index contributed by atoms with van der Waals surface area (Å²) in [5, 5.41) is 2.54. The molecule has 0 saturated heterocycles. The van der Waals surface area contributed by atoms with Crippen molar-refractivity contribution in [3.63, 3.8) is 0 Å². The number of halogens is 2. The van der Waals surface area contributed by atoms with Gasteiger partial charge in [-0.3, -0.25) is 4.79 Å². The number of hydrogen-bond donors (Lipinski definition) is 2. The van der Waals surface area contributed by atoms with Gasteiger partial charge in [-0.15, -0.1) is 0 Å². The Hall–Kier alpha value is -2.27. The molecule has 0 aliphatic carbocycles. The highest BCUT2D eigenvalue weighted by atomic mass is 19.1. The van der Waals surface area contributed by atoms with Gasteiger partial charge >= 0.3 is 0 Å². The van der Waals surface area contributed by atoms with Crippen molar-refractivity contribution in [3.05, 3.63) is 65.2 Å². The minimum Gasteiger partial charge on any atom is -0.324 e. The molecule has 0 spiro atoms. The SMILES string of the molecule is CC(N)c1ccc(NC(=O)c2ccc(F)cc2F)cc1. The van der Waals surface area contributed by atoms with Crippen molar-refractivity contribution in [2.75, 3.05) is 5.32 Å². The summed E-state index contributed by atoms with van der Waals surface area (Å²) in [5.74, 6) is -2.24. The van der Waals surface area contributed by atoms with E-state index < -0.39 is 17.5 Å². The number of benzene rings is 2. The molecule has 2 aromatic rings. The van der Waals surface area contributed by atoms with Crippen LogP contribution in [-0.2, 0) is 0 Å². The minimum atomic E-state index is -0.894. The first-order valence-electron chi connectivity index (χ1n) is 6.09. The second-order valence-corrected chi connectivity index (χ2v) is 4.49. The van der Waals surface area contributed by atoms with Gasteiger partial charge < -0.3 is 11.1 Å². The Labute approximate surface area is 115 Å². The van der Waals surface area contributed by atoms with Crippen molar-refractivity contribution in [2.45, 2.75) is 13.0 Å². The van der Waals surface area contributed by atoms with Crippen LogP contribution in [0.1, 0.15) is 28.9 Å². The molecule has 20 heavy (non-hydrogen) atoms. The third kappa shape index (κ3) is 3.19. The van der Waals surface area contributed by atoms with E-state index >= 15 is 0 Å². The van der Waals surface area contributed by atoms with Gasteiger partial charge in [0.1, 0.15) is 11.6 Å². The van der Waals surface area contributed by atoms with E-state index in [9.17, 15) is 13.6 Å². The van der Waals surface area contributed by atoms with Gasteiger partial charge in [0.15, 0.2) is 0 Å². The van der Waals surface area contributed by atoms with Crippen molar-refractivity contribution in [2.24, 2.45) is 5.73 Å². The monoisotopic (exact) mass is 276 g/mol. The van der Waals surface area contributed by atoms with Crippen molar-refractivity contribution < 1.29 is 13.6 Å². The van der Waals surface area contributed by atoms with Gasteiger partial charge in [0.25, 0.3) is 5.91 Å². The first-order valence-corrected chi connectivity index (χ1v) is 6.09. The molecule has 0 aromatic heterocycles. The lowest BCUT2D eigenvalue weighted by molar-refractivity contribution is 0.102. The van der Waals surface area contributed by atoms with Crippen LogP contribution >= 0.6 is 0 Å². The van der Waals surface area contributed by atoms with E-state index in [1.807, 2.05) is 6.92 Å². The zero-order valence-electron chi connectivity index (χ0n) is 10.9. The lowest BCUT2D eigenvalue weighted by atomic mass is 10.1. The van der Waals surface area contributed by atoms with Crippen LogP contribution in [0.5, 0.6) is 0 Å². The first kappa shape index (κ1) is 14.1. The van der Waals surface area contributed by atoms with E-state index in [2.05, 4.69) is 5.32 Å². The fraction of sp³-hybridized carbons (Fsp3) is 0.133. The Balaban J connectivity index is 2.15. The molecule has 104 valence electrons. The van der Waals surface area contributed by atoms with E-state index in [4.69, 9.17) is 5.73 Å². The molecule has 0 saturated carbocycles. The summed E-state index contributed by atoms with van der Waals surface area (Å²) in [6.45, 7) is 1.85. The van der Waals surface area contributed by atoms with Gasteiger partial charge in [-0.25, -0.2) is 8.78 Å². The number of amides is 1. The highest BCUT2D eigenvalue weighted by molar-refractivity contribution is 6.04. The maximum absolute atomic E-state index is 13.5. The zero-order valence-corrected chi connectivity index (χ0v) is 10.9. The smallest absolute Gasteiger partial charge is 0.258 e. The number of nitrogens with two attached hydrogens (primary N) is 1. The molecule has 0 radical (unpaired) electrons. The molecular formula is C15H14F2N2O. The minimum absolute atomic E-state index is 0.103. The summed E-state index contributed by atoms with van der Waals surface area (Å²) in [7, 11) is 0. The summed E-state index contributed by atoms with van der Waals surface area (Å²) in [6, 6.07) is 9.63. The summed E-state index contributed by atoms with van der Waals surface area (Å²) in [5.41, 5.74) is 6.96. The molecule has 5 heteroatoms. The van der Waals surface area contributed by atoms with Gasteiger partial charge in [0.05, 0.1) is 5.56 Å². The number of anilines is 1. The van der Waals surface area contributed by atoms with Crippen LogP contribution in [0.4, 0.5) is 14.5 Å². The van der Waals surface area contributed by atoms with Gasteiger partial charge in [0.2, 0.25) is 0 Å². The van der Waals surface area contributed by atoms with Gasteiger partial charge in [0, 0.05) is 17.8 Å². The van der Waals surface area contributed by atoms with Crippen LogP contribution in [-0.4, -0.2) is 5.91 Å². The number of hydrogen-bond acceptors (Lipinski definition) is 2. The topological polar surface area (TPSA) is 55.1 Å². The Kier molecular flexibility index (Phi) is 4.10. The van der Waals surface area contributed by atoms with E-state index in [1.54, 1.807) is 24.3 Å². The van der Waals surface area contributed by atoms with E-state index in [-0.39, 0.29) is 11.6 Å². The molecule has 1 unspecified atom stereocenters. The molecule has 3 nitrogen and oxygen atoms in total. The predicted octanol–water partition coefficient (Wildman–Crippen LogP) is 3.24. The van der Waals surface area contributed by atoms with Gasteiger partial charge in [-0.05, 0) is 36.8 Å². The fourth-order valence-electron chi connectivity index (χ4n) is 1.74. The second-order valence-electron chi connectivity index (χ2n) is 4.49. The summed E-state index contributed by atoms with van der Waals surface area (Å²) >= 11 is 0. The average molecular weight is 276 g/mol. The lowest BCUT2D eigenvalue weighted by Gasteiger charge is -2.09. The zero-order chi connectivity index (χ0) is 14.7. The third-order valence-electron chi connectivity index (χ3n) is 2.87. The molecule has 2 rings (SSSR count). The molecule has 1 amide bonds. The highest BCUT2D eigenvalue weighted by Crippen LogP contribution is 2.16. The quantitative estimate of drug-likeness (QED) is 0.904. The second kappa shape index (κ2) is 5.79. The van der Waals surface area contributed by atoms with Crippen molar-refractivity contribution >= 4 is 11.6 Å². The molecule has 0 fully saturated rings. The number of nitrogens with one attached hydrogen (secondary N) is 1. The predicted molar refractivity (Wildman–Crippen MR) is 73.4 cm³/mol. The van der Waals surface area contributed by atoms with E-state index in [1.165, 1.54) is 0 Å². The summed E-state index contributed by atoms with van der Waals surface area (Å²) in [6.07, 6.45) is 0. The van der Waals surface area contributed by atoms with Crippen molar-refractivity contribution in [3.8, 4) is 0 Å². The Morgan fingerprint density at radius 3 is 2.35 bits per heavy atom. The van der Waals surface area contributed by atoms with E-state index in [0.717, 1.165) is 17.7 Å². The molecule has 0 heterocycles. The number of carbonyl (C=O) groups is 1. The first-order chi connectivity index (χ1) is 9.47. The maximum atomic E-state index is 13.5. The molecule has 2 aromatic carbocycles. The van der Waals surface area contributed by atoms with Crippen LogP contribution in [0, 0.1) is 11.6 Å². The standard InChI is InChI=1S/C15H14F2N2O/c1-9(18)10-2-5-12(6-3-10)19-15(20)13-7-4-11(16)8-14(13)17/h2-9H,18H2,1H3,(H,19,20). The summed E-state index contributed by atoms with van der Waals surface area (Å²) < 4.78 is 26.2. The third-order valence-corrected chi connectivity index (χ3v) is 2.87. The average Bonchev–Trinajstić information content (AvgIpc) is 2.39. The molecular weight excluding hydrogens is 262 g/mol. The number of carbonyl (C=O) groups excluding carboxylic acids is 1. The number of rotatable bonds is 3. The maximum Gasteiger partial charge on any atom is 0.258 e. The molecule has 0 aliphatic rings. The Bertz CT molecular complexity index is 624.